The Hall–Kier alpha value is -2.03. The molecule has 1 heterocycles. The molecule has 0 unspecified atom stereocenters. The van der Waals surface area contributed by atoms with Crippen molar-refractivity contribution >= 4 is 22.9 Å². The van der Waals surface area contributed by atoms with E-state index in [0.29, 0.717) is 0 Å². The van der Waals surface area contributed by atoms with Gasteiger partial charge in [0.1, 0.15) is 0 Å². The molecule has 3 nitrogen and oxygen atoms in total. The van der Waals surface area contributed by atoms with Crippen molar-refractivity contribution in [3.63, 3.8) is 0 Å². The SMILES string of the molecule is CC.CC.CCn1c(/C=C/C(=O)O)cc2ccccc21. The largest absolute Gasteiger partial charge is 0.478 e. The standard InChI is InChI=1S/C13H13NO2.2C2H6/c1-2-14-11(7-8-13(15)16)9-10-5-3-4-6-12(10)14;2*1-2/h3-9H,2H2,1H3,(H,15,16);2*1-2H3/b8-7+;;. The molecule has 2 rings (SSSR count). The zero-order chi connectivity index (χ0) is 15.5. The Kier molecular flexibility index (Phi) is 8.84. The highest BCUT2D eigenvalue weighted by Gasteiger charge is 2.04. The second kappa shape index (κ2) is 9.84. The molecule has 0 aliphatic rings. The molecule has 0 bridgehead atoms. The van der Waals surface area contributed by atoms with Gasteiger partial charge in [0.25, 0.3) is 0 Å². The van der Waals surface area contributed by atoms with Gasteiger partial charge in [-0.3, -0.25) is 0 Å². The first-order chi connectivity index (χ1) is 9.72. The Bertz CT molecular complexity index is 553. The molecule has 1 N–H and O–H groups in total. The van der Waals surface area contributed by atoms with Crippen LogP contribution in [0.25, 0.3) is 17.0 Å². The van der Waals surface area contributed by atoms with Gasteiger partial charge in [0.15, 0.2) is 0 Å². The Labute approximate surface area is 121 Å². The Morgan fingerprint density at radius 3 is 2.35 bits per heavy atom. The number of carbonyl (C=O) groups is 1. The van der Waals surface area contributed by atoms with Crippen LogP contribution in [0.3, 0.4) is 0 Å². The number of nitrogens with zero attached hydrogens (tertiary/aromatic N) is 1. The monoisotopic (exact) mass is 275 g/mol. The molecule has 0 spiro atoms. The van der Waals surface area contributed by atoms with Gasteiger partial charge in [-0.05, 0) is 25.1 Å². The van der Waals surface area contributed by atoms with Crippen LogP contribution in [0.5, 0.6) is 0 Å². The van der Waals surface area contributed by atoms with Crippen LogP contribution >= 0.6 is 0 Å². The Morgan fingerprint density at radius 1 is 1.20 bits per heavy atom. The summed E-state index contributed by atoms with van der Waals surface area (Å²) in [4.78, 5) is 10.5. The fraction of sp³-hybridized carbons (Fsp3) is 0.353. The van der Waals surface area contributed by atoms with Gasteiger partial charge in [0, 0.05) is 29.2 Å². The second-order valence-electron chi connectivity index (χ2n) is 3.54. The number of aliphatic carboxylic acids is 1. The van der Waals surface area contributed by atoms with Gasteiger partial charge in [0.2, 0.25) is 0 Å². The van der Waals surface area contributed by atoms with Crippen LogP contribution in [-0.4, -0.2) is 15.6 Å². The minimum Gasteiger partial charge on any atom is -0.478 e. The van der Waals surface area contributed by atoms with Crippen molar-refractivity contribution in [1.29, 1.82) is 0 Å². The predicted molar refractivity (Wildman–Crippen MR) is 87.0 cm³/mol. The van der Waals surface area contributed by atoms with Crippen LogP contribution in [0, 0.1) is 0 Å². The average Bonchev–Trinajstić information content (AvgIpc) is 2.86. The lowest BCUT2D eigenvalue weighted by atomic mass is 10.2. The van der Waals surface area contributed by atoms with Gasteiger partial charge in [0.05, 0.1) is 0 Å². The van der Waals surface area contributed by atoms with Gasteiger partial charge in [-0.2, -0.15) is 0 Å². The molecule has 0 aliphatic heterocycles. The smallest absolute Gasteiger partial charge is 0.328 e. The van der Waals surface area contributed by atoms with Crippen LogP contribution in [-0.2, 0) is 11.3 Å². The lowest BCUT2D eigenvalue weighted by Gasteiger charge is -2.03. The molecule has 2 aromatic rings. The number of hydrogen-bond donors (Lipinski definition) is 1. The molecule has 1 aromatic carbocycles. The number of aromatic nitrogens is 1. The maximum atomic E-state index is 10.5. The topological polar surface area (TPSA) is 42.2 Å². The third-order valence-corrected chi connectivity index (χ3v) is 2.56. The molecule has 0 fully saturated rings. The van der Waals surface area contributed by atoms with Crippen molar-refractivity contribution < 1.29 is 9.90 Å². The molecule has 0 radical (unpaired) electrons. The maximum Gasteiger partial charge on any atom is 0.328 e. The van der Waals surface area contributed by atoms with Gasteiger partial charge in [-0.25, -0.2) is 4.79 Å². The predicted octanol–water partition coefficient (Wildman–Crippen LogP) is 4.81. The summed E-state index contributed by atoms with van der Waals surface area (Å²) in [6.07, 6.45) is 2.80. The highest BCUT2D eigenvalue weighted by molar-refractivity contribution is 5.88. The highest BCUT2D eigenvalue weighted by Crippen LogP contribution is 2.20. The molecule has 0 aliphatic carbocycles. The minimum absolute atomic E-state index is 0.826. The number of rotatable bonds is 3. The molecule has 0 amide bonds. The van der Waals surface area contributed by atoms with Crippen LogP contribution < -0.4 is 0 Å². The molecular weight excluding hydrogens is 250 g/mol. The third-order valence-electron chi connectivity index (χ3n) is 2.56. The van der Waals surface area contributed by atoms with Crippen LogP contribution in [0.2, 0.25) is 0 Å². The highest BCUT2D eigenvalue weighted by atomic mass is 16.4. The average molecular weight is 275 g/mol. The lowest BCUT2D eigenvalue weighted by molar-refractivity contribution is -0.131. The zero-order valence-electron chi connectivity index (χ0n) is 13.1. The van der Waals surface area contributed by atoms with Crippen molar-refractivity contribution in [2.24, 2.45) is 0 Å². The first kappa shape index (κ1) is 18.0. The van der Waals surface area contributed by atoms with Crippen LogP contribution in [0.4, 0.5) is 0 Å². The van der Waals surface area contributed by atoms with Crippen LogP contribution in [0.15, 0.2) is 36.4 Å². The van der Waals surface area contributed by atoms with Gasteiger partial charge in [-0.15, -0.1) is 0 Å². The Morgan fingerprint density at radius 2 is 1.80 bits per heavy atom. The summed E-state index contributed by atoms with van der Waals surface area (Å²) in [5.74, 6) is -0.923. The number of aryl methyl sites for hydroxylation is 1. The fourth-order valence-corrected chi connectivity index (χ4v) is 1.88. The minimum atomic E-state index is -0.923. The van der Waals surface area contributed by atoms with Crippen LogP contribution in [0.1, 0.15) is 40.3 Å². The quantitative estimate of drug-likeness (QED) is 0.817. The number of fused-ring (bicyclic) bond motifs is 1. The molecule has 3 heteroatoms. The number of carboxylic acids is 1. The number of hydrogen-bond acceptors (Lipinski definition) is 1. The van der Waals surface area contributed by atoms with Crippen molar-refractivity contribution in [3.05, 3.63) is 42.1 Å². The summed E-state index contributed by atoms with van der Waals surface area (Å²) in [6, 6.07) is 10.0. The van der Waals surface area contributed by atoms with E-state index in [1.54, 1.807) is 6.08 Å². The molecule has 0 saturated carbocycles. The van der Waals surface area contributed by atoms with E-state index in [-0.39, 0.29) is 0 Å². The zero-order valence-corrected chi connectivity index (χ0v) is 13.1. The van der Waals surface area contributed by atoms with Crippen molar-refractivity contribution in [1.82, 2.24) is 4.57 Å². The first-order valence-electron chi connectivity index (χ1n) is 7.21. The fourth-order valence-electron chi connectivity index (χ4n) is 1.88. The summed E-state index contributed by atoms with van der Waals surface area (Å²) < 4.78 is 2.09. The third kappa shape index (κ3) is 4.57. The molecular formula is C17H25NO2. The van der Waals surface area contributed by atoms with Crippen molar-refractivity contribution in [3.8, 4) is 0 Å². The molecule has 20 heavy (non-hydrogen) atoms. The second-order valence-corrected chi connectivity index (χ2v) is 3.54. The van der Waals surface area contributed by atoms with E-state index in [0.717, 1.165) is 23.1 Å². The van der Waals surface area contributed by atoms with E-state index < -0.39 is 5.97 Å². The normalized spacial score (nSPS) is 9.65. The number of carboxylic acid groups (broad SMARTS) is 1. The summed E-state index contributed by atoms with van der Waals surface area (Å²) in [7, 11) is 0. The first-order valence-corrected chi connectivity index (χ1v) is 7.21. The maximum absolute atomic E-state index is 10.5. The number of para-hydroxylation sites is 1. The van der Waals surface area contributed by atoms with E-state index in [2.05, 4.69) is 4.57 Å². The summed E-state index contributed by atoms with van der Waals surface area (Å²) in [5.41, 5.74) is 2.06. The summed E-state index contributed by atoms with van der Waals surface area (Å²) in [6.45, 7) is 10.9. The van der Waals surface area contributed by atoms with E-state index in [1.807, 2.05) is 65.0 Å². The molecule has 0 atom stereocenters. The molecule has 1 aromatic heterocycles. The van der Waals surface area contributed by atoms with Gasteiger partial charge < -0.3 is 9.67 Å². The van der Waals surface area contributed by atoms with E-state index in [1.165, 1.54) is 6.08 Å². The van der Waals surface area contributed by atoms with Gasteiger partial charge in [-0.1, -0.05) is 45.9 Å². The Balaban J connectivity index is 0.000000829. The van der Waals surface area contributed by atoms with Crippen molar-refractivity contribution in [2.45, 2.75) is 41.2 Å². The molecule has 0 saturated heterocycles. The van der Waals surface area contributed by atoms with Gasteiger partial charge >= 0.3 is 5.97 Å². The van der Waals surface area contributed by atoms with E-state index >= 15 is 0 Å². The summed E-state index contributed by atoms with van der Waals surface area (Å²) >= 11 is 0. The summed E-state index contributed by atoms with van der Waals surface area (Å²) in [5, 5.41) is 9.75. The van der Waals surface area contributed by atoms with E-state index in [9.17, 15) is 4.79 Å². The van der Waals surface area contributed by atoms with E-state index in [4.69, 9.17) is 5.11 Å². The number of benzene rings is 1. The van der Waals surface area contributed by atoms with Crippen molar-refractivity contribution in [2.75, 3.05) is 0 Å². The molecule has 110 valence electrons. The lowest BCUT2D eigenvalue weighted by Crippen LogP contribution is -1.96.